The van der Waals surface area contributed by atoms with E-state index in [-0.39, 0.29) is 10.7 Å². The lowest BCUT2D eigenvalue weighted by Gasteiger charge is -2.11. The van der Waals surface area contributed by atoms with Crippen molar-refractivity contribution in [2.75, 3.05) is 0 Å². The second-order valence-corrected chi connectivity index (χ2v) is 4.58. The third kappa shape index (κ3) is 2.85. The standard InChI is InChI=1S/C13H10ClFN2O3/c1-7-4-12(18)11(6-13(19)20)16-17(7)8-2-3-10(15)9(14)5-8/h2-5H,6H2,1H3,(H,19,20). The first-order valence-electron chi connectivity index (χ1n) is 5.65. The molecule has 2 rings (SSSR count). The topological polar surface area (TPSA) is 72.2 Å². The van der Waals surface area contributed by atoms with Crippen LogP contribution in [0.1, 0.15) is 11.4 Å². The molecule has 0 radical (unpaired) electrons. The number of carboxylic acids is 1. The number of aryl methyl sites for hydroxylation is 1. The van der Waals surface area contributed by atoms with Crippen LogP contribution in [0, 0.1) is 12.7 Å². The number of hydrogen-bond donors (Lipinski definition) is 1. The van der Waals surface area contributed by atoms with Crippen molar-refractivity contribution >= 4 is 17.6 Å². The molecule has 0 aliphatic carbocycles. The summed E-state index contributed by atoms with van der Waals surface area (Å²) in [5.74, 6) is -1.72. The van der Waals surface area contributed by atoms with E-state index in [1.165, 1.54) is 28.9 Å². The Bertz CT molecular complexity index is 743. The van der Waals surface area contributed by atoms with Crippen molar-refractivity contribution in [3.05, 3.63) is 56.7 Å². The average molecular weight is 297 g/mol. The van der Waals surface area contributed by atoms with Crippen LogP contribution in [0.25, 0.3) is 5.69 Å². The first-order valence-corrected chi connectivity index (χ1v) is 6.03. The van der Waals surface area contributed by atoms with Gasteiger partial charge in [-0.3, -0.25) is 9.59 Å². The Morgan fingerprint density at radius 3 is 2.75 bits per heavy atom. The van der Waals surface area contributed by atoms with Crippen molar-refractivity contribution in [1.29, 1.82) is 0 Å². The number of benzene rings is 1. The van der Waals surface area contributed by atoms with Gasteiger partial charge in [0, 0.05) is 11.8 Å². The average Bonchev–Trinajstić information content (AvgIpc) is 2.36. The minimum atomic E-state index is -1.15. The van der Waals surface area contributed by atoms with Crippen LogP contribution in [0.5, 0.6) is 0 Å². The lowest BCUT2D eigenvalue weighted by atomic mass is 10.2. The highest BCUT2D eigenvalue weighted by atomic mass is 35.5. The minimum absolute atomic E-state index is 0.0813. The van der Waals surface area contributed by atoms with Gasteiger partial charge in [-0.05, 0) is 25.1 Å². The number of aromatic nitrogens is 2. The van der Waals surface area contributed by atoms with Gasteiger partial charge in [-0.25, -0.2) is 9.07 Å². The van der Waals surface area contributed by atoms with E-state index in [0.29, 0.717) is 11.4 Å². The van der Waals surface area contributed by atoms with Gasteiger partial charge >= 0.3 is 5.97 Å². The molecule has 2 aromatic rings. The SMILES string of the molecule is Cc1cc(=O)c(CC(=O)O)nn1-c1ccc(F)c(Cl)c1. The van der Waals surface area contributed by atoms with Gasteiger partial charge in [0.15, 0.2) is 0 Å². The summed E-state index contributed by atoms with van der Waals surface area (Å²) in [6, 6.07) is 5.25. The van der Waals surface area contributed by atoms with E-state index in [1.54, 1.807) is 6.92 Å². The zero-order valence-electron chi connectivity index (χ0n) is 10.4. The fraction of sp³-hybridized carbons (Fsp3) is 0.154. The molecule has 1 heterocycles. The molecule has 1 aromatic carbocycles. The Hall–Kier alpha value is -2.21. The number of nitrogens with zero attached hydrogens (tertiary/aromatic N) is 2. The van der Waals surface area contributed by atoms with Crippen LogP contribution in [0.4, 0.5) is 4.39 Å². The molecule has 0 bridgehead atoms. The smallest absolute Gasteiger partial charge is 0.309 e. The number of aliphatic carboxylic acids is 1. The van der Waals surface area contributed by atoms with Gasteiger partial charge in [0.2, 0.25) is 5.43 Å². The Morgan fingerprint density at radius 2 is 2.15 bits per heavy atom. The summed E-state index contributed by atoms with van der Waals surface area (Å²) in [4.78, 5) is 22.3. The molecular formula is C13H10ClFN2O3. The van der Waals surface area contributed by atoms with Gasteiger partial charge in [-0.2, -0.15) is 5.10 Å². The molecule has 0 saturated heterocycles. The number of carboxylic acid groups (broad SMARTS) is 1. The molecule has 0 aliphatic rings. The van der Waals surface area contributed by atoms with Gasteiger partial charge in [0.1, 0.15) is 11.5 Å². The van der Waals surface area contributed by atoms with E-state index in [1.807, 2.05) is 0 Å². The quantitative estimate of drug-likeness (QED) is 0.940. The highest BCUT2D eigenvalue weighted by molar-refractivity contribution is 6.30. The summed E-state index contributed by atoms with van der Waals surface area (Å²) in [5, 5.41) is 12.7. The molecule has 1 aromatic heterocycles. The Morgan fingerprint density at radius 1 is 1.45 bits per heavy atom. The zero-order chi connectivity index (χ0) is 14.9. The van der Waals surface area contributed by atoms with Crippen LogP contribution in [0.3, 0.4) is 0 Å². The van der Waals surface area contributed by atoms with Crippen LogP contribution in [-0.2, 0) is 11.2 Å². The monoisotopic (exact) mass is 296 g/mol. The van der Waals surface area contributed by atoms with Gasteiger partial charge in [0.25, 0.3) is 0 Å². The molecule has 0 unspecified atom stereocenters. The van der Waals surface area contributed by atoms with Gasteiger partial charge < -0.3 is 5.11 Å². The number of rotatable bonds is 3. The van der Waals surface area contributed by atoms with E-state index in [4.69, 9.17) is 16.7 Å². The van der Waals surface area contributed by atoms with E-state index in [2.05, 4.69) is 5.10 Å². The van der Waals surface area contributed by atoms with E-state index in [0.717, 1.165) is 0 Å². The fourth-order valence-electron chi connectivity index (χ4n) is 1.73. The summed E-state index contributed by atoms with van der Waals surface area (Å²) in [7, 11) is 0. The predicted molar refractivity (Wildman–Crippen MR) is 70.9 cm³/mol. The van der Waals surface area contributed by atoms with Crippen LogP contribution in [-0.4, -0.2) is 20.9 Å². The molecule has 0 aliphatic heterocycles. The number of halogens is 2. The van der Waals surface area contributed by atoms with E-state index in [9.17, 15) is 14.0 Å². The molecule has 20 heavy (non-hydrogen) atoms. The van der Waals surface area contributed by atoms with Crippen molar-refractivity contribution in [3.63, 3.8) is 0 Å². The summed E-state index contributed by atoms with van der Waals surface area (Å²) >= 11 is 5.70. The highest BCUT2D eigenvalue weighted by Crippen LogP contribution is 2.19. The molecule has 0 spiro atoms. The van der Waals surface area contributed by atoms with Crippen molar-refractivity contribution < 1.29 is 14.3 Å². The van der Waals surface area contributed by atoms with Crippen LogP contribution in [0.2, 0.25) is 5.02 Å². The maximum Gasteiger partial charge on any atom is 0.309 e. The first-order chi connectivity index (χ1) is 9.38. The lowest BCUT2D eigenvalue weighted by molar-refractivity contribution is -0.136. The van der Waals surface area contributed by atoms with Gasteiger partial charge in [-0.15, -0.1) is 0 Å². The van der Waals surface area contributed by atoms with E-state index < -0.39 is 23.6 Å². The molecule has 0 saturated carbocycles. The molecule has 5 nitrogen and oxygen atoms in total. The maximum atomic E-state index is 13.1. The van der Waals surface area contributed by atoms with Crippen molar-refractivity contribution in [2.45, 2.75) is 13.3 Å². The van der Waals surface area contributed by atoms with Crippen molar-refractivity contribution in [1.82, 2.24) is 9.78 Å². The van der Waals surface area contributed by atoms with Crippen LogP contribution in [0.15, 0.2) is 29.1 Å². The number of carbonyl (C=O) groups is 1. The van der Waals surface area contributed by atoms with Crippen LogP contribution >= 0.6 is 11.6 Å². The zero-order valence-corrected chi connectivity index (χ0v) is 11.2. The first kappa shape index (κ1) is 14.2. The molecule has 0 atom stereocenters. The Kier molecular flexibility index (Phi) is 3.85. The normalized spacial score (nSPS) is 10.6. The summed E-state index contributed by atoms with van der Waals surface area (Å²) in [5.41, 5.74) is 0.394. The molecular weight excluding hydrogens is 287 g/mol. The molecule has 7 heteroatoms. The van der Waals surface area contributed by atoms with E-state index >= 15 is 0 Å². The summed E-state index contributed by atoms with van der Waals surface area (Å²) in [6.07, 6.45) is -0.478. The molecule has 104 valence electrons. The lowest BCUT2D eigenvalue weighted by Crippen LogP contribution is -2.21. The minimum Gasteiger partial charge on any atom is -0.481 e. The number of hydrogen-bond acceptors (Lipinski definition) is 3. The van der Waals surface area contributed by atoms with Crippen molar-refractivity contribution in [2.24, 2.45) is 0 Å². The summed E-state index contributed by atoms with van der Waals surface area (Å²) < 4.78 is 14.5. The Labute approximate surface area is 118 Å². The van der Waals surface area contributed by atoms with Gasteiger partial charge in [0.05, 0.1) is 17.1 Å². The van der Waals surface area contributed by atoms with Gasteiger partial charge in [-0.1, -0.05) is 11.6 Å². The maximum absolute atomic E-state index is 13.1. The molecule has 0 fully saturated rings. The predicted octanol–water partition coefficient (Wildman–Crippen LogP) is 1.96. The third-order valence-electron chi connectivity index (χ3n) is 2.65. The Balaban J connectivity index is 2.58. The summed E-state index contributed by atoms with van der Waals surface area (Å²) in [6.45, 7) is 1.64. The van der Waals surface area contributed by atoms with Crippen molar-refractivity contribution in [3.8, 4) is 5.69 Å². The molecule has 0 amide bonds. The fourth-order valence-corrected chi connectivity index (χ4v) is 1.90. The second-order valence-electron chi connectivity index (χ2n) is 4.18. The second kappa shape index (κ2) is 5.42. The van der Waals surface area contributed by atoms with Crippen LogP contribution < -0.4 is 5.43 Å². The largest absolute Gasteiger partial charge is 0.481 e. The molecule has 1 N–H and O–H groups in total. The third-order valence-corrected chi connectivity index (χ3v) is 2.94. The highest BCUT2D eigenvalue weighted by Gasteiger charge is 2.11.